The van der Waals surface area contributed by atoms with Crippen LogP contribution in [0.4, 0.5) is 13.2 Å². The largest absolute Gasteiger partial charge is 0.418 e. The molecule has 1 amide bonds. The van der Waals surface area contributed by atoms with Gasteiger partial charge in [0, 0.05) is 24.3 Å². The molecule has 174 valence electrons. The molecule has 2 aromatic carbocycles. The summed E-state index contributed by atoms with van der Waals surface area (Å²) in [6, 6.07) is 15.7. The first-order chi connectivity index (χ1) is 15.6. The molecule has 0 saturated carbocycles. The number of amides is 1. The predicted octanol–water partition coefficient (Wildman–Crippen LogP) is 3.46. The summed E-state index contributed by atoms with van der Waals surface area (Å²) in [5.74, 6) is -0.738. The van der Waals surface area contributed by atoms with Crippen molar-refractivity contribution in [3.05, 3.63) is 93.4 Å². The summed E-state index contributed by atoms with van der Waals surface area (Å²) in [7, 11) is 3.76. The van der Waals surface area contributed by atoms with Gasteiger partial charge in [-0.25, -0.2) is 4.68 Å². The molecule has 0 unspecified atom stereocenters. The molecule has 9 heteroatoms. The monoisotopic (exact) mass is 458 g/mol. The lowest BCUT2D eigenvalue weighted by atomic mass is 10.1. The van der Waals surface area contributed by atoms with Crippen molar-refractivity contribution in [3.63, 3.8) is 0 Å². The number of halogens is 3. The first-order valence-corrected chi connectivity index (χ1v) is 10.3. The second-order valence-corrected chi connectivity index (χ2v) is 7.94. The molecule has 0 bridgehead atoms. The van der Waals surface area contributed by atoms with E-state index in [9.17, 15) is 22.8 Å². The molecule has 1 atom stereocenters. The third-order valence-electron chi connectivity index (χ3n) is 5.30. The van der Waals surface area contributed by atoms with Crippen LogP contribution in [0.25, 0.3) is 5.69 Å². The molecule has 3 aromatic rings. The van der Waals surface area contributed by atoms with Crippen LogP contribution < -0.4 is 10.7 Å². The van der Waals surface area contributed by atoms with E-state index in [1.807, 2.05) is 49.3 Å². The Morgan fingerprint density at radius 1 is 1.09 bits per heavy atom. The van der Waals surface area contributed by atoms with Gasteiger partial charge < -0.3 is 10.2 Å². The Labute approximate surface area is 189 Å². The molecule has 0 aliphatic carbocycles. The van der Waals surface area contributed by atoms with E-state index in [1.54, 1.807) is 0 Å². The second-order valence-electron chi connectivity index (χ2n) is 7.94. The van der Waals surface area contributed by atoms with Gasteiger partial charge in [0.2, 0.25) is 5.43 Å². The van der Waals surface area contributed by atoms with Crippen molar-refractivity contribution < 1.29 is 18.0 Å². The number of alkyl halides is 3. The highest BCUT2D eigenvalue weighted by Crippen LogP contribution is 2.33. The summed E-state index contributed by atoms with van der Waals surface area (Å²) in [6.45, 7) is 1.69. The van der Waals surface area contributed by atoms with Gasteiger partial charge in [0.15, 0.2) is 5.69 Å². The normalized spacial score (nSPS) is 12.6. The van der Waals surface area contributed by atoms with Crippen LogP contribution in [-0.4, -0.2) is 47.3 Å². The molecule has 0 aliphatic rings. The lowest BCUT2D eigenvalue weighted by Crippen LogP contribution is -2.43. The van der Waals surface area contributed by atoms with Gasteiger partial charge in [-0.15, -0.1) is 0 Å². The summed E-state index contributed by atoms with van der Waals surface area (Å²) in [5.41, 5.74) is -1.02. The zero-order chi connectivity index (χ0) is 24.2. The number of nitrogens with one attached hydrogen (secondary N) is 1. The fraction of sp³-hybridized carbons (Fsp3) is 0.292. The minimum atomic E-state index is -4.62. The van der Waals surface area contributed by atoms with Crippen molar-refractivity contribution in [2.75, 3.05) is 20.6 Å². The van der Waals surface area contributed by atoms with Crippen LogP contribution in [0.1, 0.15) is 27.3 Å². The summed E-state index contributed by atoms with van der Waals surface area (Å²) < 4.78 is 41.4. The van der Waals surface area contributed by atoms with Crippen molar-refractivity contribution in [3.8, 4) is 5.69 Å². The summed E-state index contributed by atoms with van der Waals surface area (Å²) in [4.78, 5) is 27.2. The highest BCUT2D eigenvalue weighted by Gasteiger charge is 2.34. The van der Waals surface area contributed by atoms with Crippen LogP contribution in [0, 0.1) is 6.92 Å². The van der Waals surface area contributed by atoms with Crippen LogP contribution in [0.3, 0.4) is 0 Å². The Bertz CT molecular complexity index is 1170. The van der Waals surface area contributed by atoms with Crippen molar-refractivity contribution in [2.45, 2.75) is 25.6 Å². The van der Waals surface area contributed by atoms with E-state index in [0.717, 1.165) is 22.4 Å². The molecule has 1 aromatic heterocycles. The van der Waals surface area contributed by atoms with Crippen molar-refractivity contribution in [1.82, 2.24) is 20.0 Å². The first-order valence-electron chi connectivity index (χ1n) is 10.3. The van der Waals surface area contributed by atoms with Gasteiger partial charge in [0.25, 0.3) is 5.91 Å². The van der Waals surface area contributed by atoms with E-state index in [1.165, 1.54) is 25.1 Å². The molecular weight excluding hydrogens is 433 g/mol. The number of aromatic nitrogens is 2. The number of hydrogen-bond donors (Lipinski definition) is 1. The number of likely N-dealkylation sites (N-methyl/N-ethyl adjacent to an activating group) is 1. The molecule has 0 spiro atoms. The fourth-order valence-electron chi connectivity index (χ4n) is 3.46. The standard InChI is InChI=1S/C24H25F3N4O2/c1-16-13-21(32)22(29-31(16)20-12-8-7-11-19(20)24(25,26)27)23(33)28-15-18(30(2)3)14-17-9-5-4-6-10-17/h4-13,18H,14-15H2,1-3H3,(H,28,33)/t18-/m0/s1. The van der Waals surface area contributed by atoms with Gasteiger partial charge in [0.05, 0.1) is 11.3 Å². The van der Waals surface area contributed by atoms with Crippen molar-refractivity contribution in [1.29, 1.82) is 0 Å². The lowest BCUT2D eigenvalue weighted by molar-refractivity contribution is -0.137. The third kappa shape index (κ3) is 5.87. The van der Waals surface area contributed by atoms with Gasteiger partial charge in [-0.05, 0) is 45.1 Å². The molecule has 33 heavy (non-hydrogen) atoms. The van der Waals surface area contributed by atoms with Gasteiger partial charge in [-0.2, -0.15) is 18.3 Å². The predicted molar refractivity (Wildman–Crippen MR) is 120 cm³/mol. The average Bonchev–Trinajstić information content (AvgIpc) is 2.76. The highest BCUT2D eigenvalue weighted by molar-refractivity contribution is 5.92. The minimum Gasteiger partial charge on any atom is -0.349 e. The van der Waals surface area contributed by atoms with E-state index < -0.39 is 28.8 Å². The zero-order valence-corrected chi connectivity index (χ0v) is 18.6. The number of carbonyl (C=O) groups is 1. The van der Waals surface area contributed by atoms with E-state index >= 15 is 0 Å². The molecule has 0 saturated heterocycles. The molecule has 1 heterocycles. The SMILES string of the molecule is Cc1cc(=O)c(C(=O)NC[C@H](Cc2ccccc2)N(C)C)nn1-c1ccccc1C(F)(F)F. The van der Waals surface area contributed by atoms with Crippen LogP contribution in [0.2, 0.25) is 0 Å². The maximum atomic E-state index is 13.5. The van der Waals surface area contributed by atoms with Crippen LogP contribution in [0.5, 0.6) is 0 Å². The van der Waals surface area contributed by atoms with Gasteiger partial charge in [-0.3, -0.25) is 9.59 Å². The number of benzene rings is 2. The van der Waals surface area contributed by atoms with Crippen molar-refractivity contribution in [2.24, 2.45) is 0 Å². The number of rotatable bonds is 7. The molecule has 0 aliphatic heterocycles. The molecule has 3 rings (SSSR count). The molecule has 0 fully saturated rings. The lowest BCUT2D eigenvalue weighted by Gasteiger charge is -2.24. The highest BCUT2D eigenvalue weighted by atomic mass is 19.4. The number of hydrogen-bond acceptors (Lipinski definition) is 4. The Kier molecular flexibility index (Phi) is 7.33. The number of para-hydroxylation sites is 1. The molecule has 6 nitrogen and oxygen atoms in total. The summed E-state index contributed by atoms with van der Waals surface area (Å²) >= 11 is 0. The van der Waals surface area contributed by atoms with Crippen LogP contribution in [0.15, 0.2) is 65.5 Å². The maximum absolute atomic E-state index is 13.5. The quantitative estimate of drug-likeness (QED) is 0.589. The second kappa shape index (κ2) is 9.99. The Hall–Kier alpha value is -3.46. The van der Waals surface area contributed by atoms with E-state index in [-0.39, 0.29) is 24.0 Å². The van der Waals surface area contributed by atoms with Gasteiger partial charge in [0.1, 0.15) is 0 Å². The molecule has 0 radical (unpaired) electrons. The Balaban J connectivity index is 1.87. The summed E-state index contributed by atoms with van der Waals surface area (Å²) in [5, 5.41) is 6.71. The smallest absolute Gasteiger partial charge is 0.349 e. The third-order valence-corrected chi connectivity index (χ3v) is 5.30. The fourth-order valence-corrected chi connectivity index (χ4v) is 3.46. The minimum absolute atomic E-state index is 0.0602. The average molecular weight is 458 g/mol. The number of aryl methyl sites for hydroxylation is 1. The zero-order valence-electron chi connectivity index (χ0n) is 18.6. The van der Waals surface area contributed by atoms with Crippen LogP contribution >= 0.6 is 0 Å². The topological polar surface area (TPSA) is 67.2 Å². The Morgan fingerprint density at radius 3 is 2.36 bits per heavy atom. The van der Waals surface area contributed by atoms with Gasteiger partial charge in [-0.1, -0.05) is 42.5 Å². The van der Waals surface area contributed by atoms with E-state index in [2.05, 4.69) is 10.4 Å². The van der Waals surface area contributed by atoms with E-state index in [4.69, 9.17) is 0 Å². The van der Waals surface area contributed by atoms with E-state index in [0.29, 0.717) is 6.42 Å². The van der Waals surface area contributed by atoms with Crippen LogP contribution in [-0.2, 0) is 12.6 Å². The number of nitrogens with zero attached hydrogens (tertiary/aromatic N) is 3. The van der Waals surface area contributed by atoms with Gasteiger partial charge >= 0.3 is 6.18 Å². The number of carbonyl (C=O) groups excluding carboxylic acids is 1. The Morgan fingerprint density at radius 2 is 1.73 bits per heavy atom. The molecule has 1 N–H and O–H groups in total. The maximum Gasteiger partial charge on any atom is 0.418 e. The molecular formula is C24H25F3N4O2. The van der Waals surface area contributed by atoms with Crippen molar-refractivity contribution >= 4 is 5.91 Å². The first kappa shape index (κ1) is 24.2. The summed E-state index contributed by atoms with van der Waals surface area (Å²) in [6.07, 6.45) is -3.95.